The van der Waals surface area contributed by atoms with Gasteiger partial charge in [-0.1, -0.05) is 24.2 Å². The molecular weight excluding hydrogens is 350 g/mol. The number of hydrogen-bond donors (Lipinski definition) is 1. The summed E-state index contributed by atoms with van der Waals surface area (Å²) >= 11 is 0. The lowest BCUT2D eigenvalue weighted by Gasteiger charge is -2.30. The van der Waals surface area contributed by atoms with E-state index in [2.05, 4.69) is 63.5 Å². The van der Waals surface area contributed by atoms with Crippen LogP contribution in [0.15, 0.2) is 28.8 Å². The van der Waals surface area contributed by atoms with Gasteiger partial charge in [0.25, 0.3) is 5.89 Å². The van der Waals surface area contributed by atoms with Gasteiger partial charge in [-0.3, -0.25) is 9.80 Å². The van der Waals surface area contributed by atoms with Crippen molar-refractivity contribution in [2.45, 2.75) is 38.4 Å². The average Bonchev–Trinajstić information content (AvgIpc) is 3.37. The number of benzene rings is 1. The highest BCUT2D eigenvalue weighted by atomic mass is 35.5. The van der Waals surface area contributed by atoms with Crippen LogP contribution in [0.3, 0.4) is 0 Å². The summed E-state index contributed by atoms with van der Waals surface area (Å²) in [7, 11) is 2.11. The lowest BCUT2D eigenvalue weighted by molar-refractivity contribution is 0.190. The summed E-state index contributed by atoms with van der Waals surface area (Å²) < 4.78 is 5.52. The average molecular weight is 378 g/mol. The summed E-state index contributed by atoms with van der Waals surface area (Å²) in [4.78, 5) is 9.45. The molecule has 26 heavy (non-hydrogen) atoms. The molecule has 0 amide bonds. The Morgan fingerprint density at radius 3 is 2.69 bits per heavy atom. The van der Waals surface area contributed by atoms with Gasteiger partial charge in [-0.15, -0.1) is 12.4 Å². The van der Waals surface area contributed by atoms with Gasteiger partial charge in [0.15, 0.2) is 5.82 Å². The van der Waals surface area contributed by atoms with E-state index in [0.29, 0.717) is 5.89 Å². The molecule has 2 heterocycles. The van der Waals surface area contributed by atoms with E-state index in [1.807, 2.05) is 0 Å². The normalized spacial score (nSPS) is 21.0. The molecule has 0 bridgehead atoms. The molecule has 7 heteroatoms. The van der Waals surface area contributed by atoms with Crippen molar-refractivity contribution in [3.8, 4) is 11.5 Å². The maximum absolute atomic E-state index is 5.52. The van der Waals surface area contributed by atoms with Gasteiger partial charge < -0.3 is 9.84 Å². The van der Waals surface area contributed by atoms with Crippen LogP contribution in [0.1, 0.15) is 37.2 Å². The van der Waals surface area contributed by atoms with Crippen molar-refractivity contribution in [3.63, 3.8) is 0 Å². The SMILES string of the molecule is CCN(Cc1ccc(-c2nc(C3CNCCN3C)no2)cc1)C1CC1.Cl. The lowest BCUT2D eigenvalue weighted by atomic mass is 10.1. The lowest BCUT2D eigenvalue weighted by Crippen LogP contribution is -2.44. The van der Waals surface area contributed by atoms with Gasteiger partial charge in [-0.25, -0.2) is 0 Å². The fourth-order valence-corrected chi connectivity index (χ4v) is 3.51. The molecule has 1 aromatic heterocycles. The first-order valence-corrected chi connectivity index (χ1v) is 9.32. The molecule has 1 saturated heterocycles. The van der Waals surface area contributed by atoms with E-state index >= 15 is 0 Å². The van der Waals surface area contributed by atoms with Crippen LogP contribution in [-0.2, 0) is 6.54 Å². The highest BCUT2D eigenvalue weighted by Crippen LogP contribution is 2.28. The fraction of sp³-hybridized carbons (Fsp3) is 0.579. The first-order valence-electron chi connectivity index (χ1n) is 9.32. The molecule has 1 N–H and O–H groups in total. The monoisotopic (exact) mass is 377 g/mol. The van der Waals surface area contributed by atoms with Gasteiger partial charge in [-0.2, -0.15) is 4.98 Å². The quantitative estimate of drug-likeness (QED) is 0.835. The van der Waals surface area contributed by atoms with Crippen LogP contribution in [0.2, 0.25) is 0 Å². The first kappa shape index (κ1) is 19.3. The van der Waals surface area contributed by atoms with E-state index in [1.165, 1.54) is 18.4 Å². The number of nitrogens with one attached hydrogen (secondary N) is 1. The summed E-state index contributed by atoms with van der Waals surface area (Å²) in [5, 5.41) is 7.60. The van der Waals surface area contributed by atoms with Crippen molar-refractivity contribution >= 4 is 12.4 Å². The van der Waals surface area contributed by atoms with E-state index < -0.39 is 0 Å². The van der Waals surface area contributed by atoms with Crippen LogP contribution in [0.25, 0.3) is 11.5 Å². The Kier molecular flexibility index (Phi) is 6.29. The van der Waals surface area contributed by atoms with Crippen molar-refractivity contribution in [2.75, 3.05) is 33.2 Å². The van der Waals surface area contributed by atoms with Crippen LogP contribution < -0.4 is 5.32 Å². The molecule has 1 aliphatic carbocycles. The van der Waals surface area contributed by atoms with Gasteiger partial charge >= 0.3 is 0 Å². The zero-order valence-electron chi connectivity index (χ0n) is 15.5. The number of halogens is 1. The van der Waals surface area contributed by atoms with Crippen LogP contribution in [0.4, 0.5) is 0 Å². The summed E-state index contributed by atoms with van der Waals surface area (Å²) in [6.45, 7) is 7.25. The standard InChI is InChI=1S/C19H27N5O.ClH/c1-3-24(16-8-9-16)13-14-4-6-15(7-5-14)19-21-18(22-25-19)17-12-20-10-11-23(17)2;/h4-7,16-17,20H,3,8-13H2,1-2H3;1H. The number of nitrogens with zero attached hydrogens (tertiary/aromatic N) is 4. The van der Waals surface area contributed by atoms with Crippen LogP contribution in [-0.4, -0.2) is 59.2 Å². The maximum atomic E-state index is 5.52. The number of likely N-dealkylation sites (N-methyl/N-ethyl adjacent to an activating group) is 1. The Labute approximate surface area is 161 Å². The molecule has 0 spiro atoms. The summed E-state index contributed by atoms with van der Waals surface area (Å²) in [5.41, 5.74) is 2.33. The van der Waals surface area contributed by atoms with Crippen molar-refractivity contribution in [3.05, 3.63) is 35.7 Å². The van der Waals surface area contributed by atoms with Gasteiger partial charge in [-0.05, 0) is 44.1 Å². The van der Waals surface area contributed by atoms with E-state index in [4.69, 9.17) is 4.52 Å². The largest absolute Gasteiger partial charge is 0.334 e. The Morgan fingerprint density at radius 2 is 2.04 bits per heavy atom. The Balaban J connectivity index is 0.00000196. The van der Waals surface area contributed by atoms with Crippen LogP contribution in [0, 0.1) is 0 Å². The minimum atomic E-state index is 0. The summed E-state index contributed by atoms with van der Waals surface area (Å²) in [6.07, 6.45) is 2.70. The van der Waals surface area contributed by atoms with Crippen molar-refractivity contribution in [2.24, 2.45) is 0 Å². The van der Waals surface area contributed by atoms with Crippen molar-refractivity contribution in [1.82, 2.24) is 25.3 Å². The summed E-state index contributed by atoms with van der Waals surface area (Å²) in [5.74, 6) is 1.37. The molecule has 2 aliphatic rings. The number of hydrogen-bond acceptors (Lipinski definition) is 6. The highest BCUT2D eigenvalue weighted by Gasteiger charge is 2.28. The fourth-order valence-electron chi connectivity index (χ4n) is 3.51. The Bertz CT molecular complexity index is 700. The van der Waals surface area contributed by atoms with Crippen LogP contribution >= 0.6 is 12.4 Å². The summed E-state index contributed by atoms with van der Waals surface area (Å²) in [6, 6.07) is 9.52. The minimum Gasteiger partial charge on any atom is -0.334 e. The molecular formula is C19H28ClN5O. The molecule has 1 unspecified atom stereocenters. The number of piperazine rings is 1. The Morgan fingerprint density at radius 1 is 1.27 bits per heavy atom. The number of aromatic nitrogens is 2. The molecule has 1 atom stereocenters. The topological polar surface area (TPSA) is 57.4 Å². The molecule has 1 aliphatic heterocycles. The molecule has 1 aromatic carbocycles. The minimum absolute atomic E-state index is 0. The van der Waals surface area contributed by atoms with Crippen molar-refractivity contribution in [1.29, 1.82) is 0 Å². The van der Waals surface area contributed by atoms with Crippen LogP contribution in [0.5, 0.6) is 0 Å². The third kappa shape index (κ3) is 4.26. The Hall–Kier alpha value is -1.47. The van der Waals surface area contributed by atoms with Gasteiger partial charge in [0, 0.05) is 37.8 Å². The maximum Gasteiger partial charge on any atom is 0.257 e. The zero-order valence-corrected chi connectivity index (χ0v) is 16.3. The van der Waals surface area contributed by atoms with E-state index in [9.17, 15) is 0 Å². The molecule has 142 valence electrons. The van der Waals surface area contributed by atoms with E-state index in [-0.39, 0.29) is 18.4 Å². The second-order valence-corrected chi connectivity index (χ2v) is 7.15. The van der Waals surface area contributed by atoms with Gasteiger partial charge in [0.1, 0.15) is 0 Å². The third-order valence-corrected chi connectivity index (χ3v) is 5.31. The molecule has 1 saturated carbocycles. The molecule has 2 aromatic rings. The highest BCUT2D eigenvalue weighted by molar-refractivity contribution is 5.85. The molecule has 4 rings (SSSR count). The molecule has 6 nitrogen and oxygen atoms in total. The van der Waals surface area contributed by atoms with Gasteiger partial charge in [0.2, 0.25) is 0 Å². The third-order valence-electron chi connectivity index (χ3n) is 5.31. The van der Waals surface area contributed by atoms with Crippen molar-refractivity contribution < 1.29 is 4.52 Å². The predicted molar refractivity (Wildman–Crippen MR) is 104 cm³/mol. The first-order chi connectivity index (χ1) is 12.2. The second kappa shape index (κ2) is 8.48. The molecule has 2 fully saturated rings. The smallest absolute Gasteiger partial charge is 0.257 e. The van der Waals surface area contributed by atoms with E-state index in [0.717, 1.165) is 50.2 Å². The van der Waals surface area contributed by atoms with Gasteiger partial charge in [0.05, 0.1) is 6.04 Å². The predicted octanol–water partition coefficient (Wildman–Crippen LogP) is 2.72. The zero-order chi connectivity index (χ0) is 17.2. The molecule has 0 radical (unpaired) electrons. The second-order valence-electron chi connectivity index (χ2n) is 7.15. The van der Waals surface area contributed by atoms with E-state index in [1.54, 1.807) is 0 Å². The number of rotatable bonds is 6.